The third-order valence-corrected chi connectivity index (χ3v) is 5.50. The minimum Gasteiger partial charge on any atom is -0.456 e. The Bertz CT molecular complexity index is 880. The van der Waals surface area contributed by atoms with Crippen molar-refractivity contribution in [3.8, 4) is 0 Å². The Kier molecular flexibility index (Phi) is 6.66. The molecule has 1 heterocycles. The van der Waals surface area contributed by atoms with Crippen molar-refractivity contribution in [2.45, 2.75) is 32.1 Å². The molecule has 2 fully saturated rings. The van der Waals surface area contributed by atoms with Crippen LogP contribution in [0.1, 0.15) is 32.1 Å². The first-order chi connectivity index (χ1) is 14.3. The van der Waals surface area contributed by atoms with Gasteiger partial charge in [0, 0.05) is 17.6 Å². The number of hydrogen-bond acceptors (Lipinski definition) is 7. The van der Waals surface area contributed by atoms with Gasteiger partial charge in [-0.25, -0.2) is 0 Å². The van der Waals surface area contributed by atoms with Gasteiger partial charge < -0.3 is 10.1 Å². The molecule has 1 aromatic rings. The molecule has 2 atom stereocenters. The summed E-state index contributed by atoms with van der Waals surface area (Å²) >= 11 is 5.71. The van der Waals surface area contributed by atoms with E-state index in [1.54, 1.807) is 0 Å². The summed E-state index contributed by atoms with van der Waals surface area (Å²) in [6, 6.07) is 3.73. The van der Waals surface area contributed by atoms with E-state index in [-0.39, 0.29) is 47.3 Å². The first-order valence-electron chi connectivity index (χ1n) is 9.52. The van der Waals surface area contributed by atoms with E-state index in [4.69, 9.17) is 16.3 Å². The van der Waals surface area contributed by atoms with E-state index in [9.17, 15) is 29.3 Å². The zero-order valence-electron chi connectivity index (χ0n) is 16.0. The number of benzene rings is 1. The van der Waals surface area contributed by atoms with E-state index in [0.717, 1.165) is 23.8 Å². The molecule has 10 nitrogen and oxygen atoms in total. The summed E-state index contributed by atoms with van der Waals surface area (Å²) < 4.78 is 4.85. The fraction of sp³-hybridized carbons (Fsp3) is 0.474. The molecule has 0 unspecified atom stereocenters. The molecule has 160 valence electrons. The van der Waals surface area contributed by atoms with Crippen LogP contribution < -0.4 is 5.32 Å². The van der Waals surface area contributed by atoms with Crippen LogP contribution in [0.4, 0.5) is 11.4 Å². The molecule has 1 saturated heterocycles. The first-order valence-corrected chi connectivity index (χ1v) is 9.90. The summed E-state index contributed by atoms with van der Waals surface area (Å²) in [6.45, 7) is -0.750. The van der Waals surface area contributed by atoms with Crippen LogP contribution in [-0.4, -0.2) is 46.7 Å². The fourth-order valence-corrected chi connectivity index (χ4v) is 3.99. The van der Waals surface area contributed by atoms with Crippen molar-refractivity contribution in [1.29, 1.82) is 0 Å². The highest BCUT2D eigenvalue weighted by Gasteiger charge is 2.47. The summed E-state index contributed by atoms with van der Waals surface area (Å²) in [6.07, 6.45) is 2.97. The topological polar surface area (TPSA) is 136 Å². The molecule has 3 amide bonds. The highest BCUT2D eigenvalue weighted by molar-refractivity contribution is 6.31. The van der Waals surface area contributed by atoms with E-state index >= 15 is 0 Å². The van der Waals surface area contributed by atoms with Gasteiger partial charge in [-0.3, -0.25) is 34.2 Å². The Labute approximate surface area is 176 Å². The summed E-state index contributed by atoms with van der Waals surface area (Å²) in [7, 11) is 0. The molecule has 0 radical (unpaired) electrons. The standard InChI is InChI=1S/C19H20ClN3O7/c20-11-5-6-14(15(9-11)23(28)29)21-16(24)10-30-17(25)7-8-22-18(26)12-3-1-2-4-13(12)19(22)27/h5-6,9,12-13H,1-4,7-8,10H2,(H,21,24)/t12-,13+. The molecule has 1 aromatic carbocycles. The Morgan fingerprint density at radius 2 is 1.83 bits per heavy atom. The molecule has 1 aliphatic heterocycles. The summed E-state index contributed by atoms with van der Waals surface area (Å²) in [5.74, 6) is -2.60. The molecule has 1 aliphatic carbocycles. The zero-order chi connectivity index (χ0) is 21.8. The number of nitrogens with one attached hydrogen (secondary N) is 1. The van der Waals surface area contributed by atoms with Crippen LogP contribution in [0.3, 0.4) is 0 Å². The number of nitrogens with zero attached hydrogens (tertiary/aromatic N) is 2. The van der Waals surface area contributed by atoms with E-state index < -0.39 is 29.1 Å². The van der Waals surface area contributed by atoms with Gasteiger partial charge in [0.15, 0.2) is 6.61 Å². The number of likely N-dealkylation sites (tertiary alicyclic amines) is 1. The molecule has 0 spiro atoms. The minimum absolute atomic E-state index is 0.0821. The maximum atomic E-state index is 12.4. The number of amides is 3. The summed E-state index contributed by atoms with van der Waals surface area (Å²) in [5.41, 5.74) is -0.476. The highest BCUT2D eigenvalue weighted by Crippen LogP contribution is 2.38. The quantitative estimate of drug-likeness (QED) is 0.299. The Hall–Kier alpha value is -3.01. The van der Waals surface area contributed by atoms with Gasteiger partial charge in [-0.05, 0) is 25.0 Å². The Morgan fingerprint density at radius 3 is 2.43 bits per heavy atom. The number of halogens is 1. The number of carbonyl (C=O) groups is 4. The number of imide groups is 1. The van der Waals surface area contributed by atoms with E-state index in [1.165, 1.54) is 12.1 Å². The Morgan fingerprint density at radius 1 is 1.20 bits per heavy atom. The second-order valence-electron chi connectivity index (χ2n) is 7.20. The van der Waals surface area contributed by atoms with Crippen LogP contribution in [-0.2, 0) is 23.9 Å². The van der Waals surface area contributed by atoms with E-state index in [2.05, 4.69) is 5.32 Å². The van der Waals surface area contributed by atoms with Crippen LogP contribution in [0.15, 0.2) is 18.2 Å². The smallest absolute Gasteiger partial charge is 0.308 e. The predicted molar refractivity (Wildman–Crippen MR) is 104 cm³/mol. The van der Waals surface area contributed by atoms with Crippen molar-refractivity contribution in [3.05, 3.63) is 33.3 Å². The average molecular weight is 438 g/mol. The number of fused-ring (bicyclic) bond motifs is 1. The SMILES string of the molecule is O=C(COC(=O)CCN1C(=O)[C@H]2CCCC[C@H]2C1=O)Nc1ccc(Cl)cc1[N+](=O)[O-]. The van der Waals surface area contributed by atoms with Crippen LogP contribution in [0.2, 0.25) is 5.02 Å². The van der Waals surface area contributed by atoms with Gasteiger partial charge in [-0.2, -0.15) is 0 Å². The van der Waals surface area contributed by atoms with Crippen LogP contribution >= 0.6 is 11.6 Å². The summed E-state index contributed by atoms with van der Waals surface area (Å²) in [4.78, 5) is 60.1. The van der Waals surface area contributed by atoms with Gasteiger partial charge in [-0.15, -0.1) is 0 Å². The second kappa shape index (κ2) is 9.21. The molecule has 11 heteroatoms. The monoisotopic (exact) mass is 437 g/mol. The van der Waals surface area contributed by atoms with Crippen LogP contribution in [0.5, 0.6) is 0 Å². The van der Waals surface area contributed by atoms with Crippen molar-refractivity contribution in [2.24, 2.45) is 11.8 Å². The van der Waals surface area contributed by atoms with Gasteiger partial charge in [0.2, 0.25) is 11.8 Å². The third kappa shape index (κ3) is 4.76. The van der Waals surface area contributed by atoms with Gasteiger partial charge in [0.25, 0.3) is 11.6 Å². The van der Waals surface area contributed by atoms with Crippen molar-refractivity contribution < 1.29 is 28.8 Å². The second-order valence-corrected chi connectivity index (χ2v) is 7.64. The fourth-order valence-electron chi connectivity index (χ4n) is 3.82. The predicted octanol–water partition coefficient (Wildman–Crippen LogP) is 2.30. The summed E-state index contributed by atoms with van der Waals surface area (Å²) in [5, 5.41) is 13.5. The number of carbonyl (C=O) groups excluding carboxylic acids is 4. The van der Waals surface area contributed by atoms with Crippen molar-refractivity contribution in [3.63, 3.8) is 0 Å². The average Bonchev–Trinajstić information content (AvgIpc) is 2.96. The largest absolute Gasteiger partial charge is 0.456 e. The lowest BCUT2D eigenvalue weighted by Crippen LogP contribution is -2.33. The van der Waals surface area contributed by atoms with Gasteiger partial charge in [0.05, 0.1) is 23.2 Å². The van der Waals surface area contributed by atoms with Crippen molar-refractivity contribution in [1.82, 2.24) is 4.90 Å². The molecule has 3 rings (SSSR count). The van der Waals surface area contributed by atoms with Crippen LogP contribution in [0, 0.1) is 22.0 Å². The zero-order valence-corrected chi connectivity index (χ0v) is 16.7. The van der Waals surface area contributed by atoms with E-state index in [0.29, 0.717) is 12.8 Å². The van der Waals surface area contributed by atoms with E-state index in [1.807, 2.05) is 0 Å². The van der Waals surface area contributed by atoms with Crippen LogP contribution in [0.25, 0.3) is 0 Å². The molecule has 1 saturated carbocycles. The maximum absolute atomic E-state index is 12.4. The molecule has 30 heavy (non-hydrogen) atoms. The number of nitro groups is 1. The normalized spacial score (nSPS) is 20.6. The lowest BCUT2D eigenvalue weighted by atomic mass is 9.81. The van der Waals surface area contributed by atoms with Crippen molar-refractivity contribution >= 4 is 46.7 Å². The number of nitro benzene ring substituents is 1. The number of rotatable bonds is 7. The van der Waals surface area contributed by atoms with Gasteiger partial charge in [0.1, 0.15) is 5.69 Å². The molecule has 0 bridgehead atoms. The lowest BCUT2D eigenvalue weighted by Gasteiger charge is -2.19. The third-order valence-electron chi connectivity index (χ3n) is 5.27. The maximum Gasteiger partial charge on any atom is 0.308 e. The number of anilines is 1. The molecular formula is C19H20ClN3O7. The molecular weight excluding hydrogens is 418 g/mol. The number of esters is 1. The molecule has 2 aliphatic rings. The lowest BCUT2D eigenvalue weighted by molar-refractivity contribution is -0.383. The Balaban J connectivity index is 1.47. The molecule has 1 N–H and O–H groups in total. The van der Waals surface area contributed by atoms with Crippen molar-refractivity contribution in [2.75, 3.05) is 18.5 Å². The first kappa shape index (κ1) is 21.7. The highest BCUT2D eigenvalue weighted by atomic mass is 35.5. The van der Waals surface area contributed by atoms with Gasteiger partial charge in [-0.1, -0.05) is 24.4 Å². The minimum atomic E-state index is -0.770. The number of hydrogen-bond donors (Lipinski definition) is 1. The molecule has 0 aromatic heterocycles. The number of ether oxygens (including phenoxy) is 1. The van der Waals surface area contributed by atoms with Gasteiger partial charge >= 0.3 is 5.97 Å².